The topological polar surface area (TPSA) is 70.8 Å². The van der Waals surface area contributed by atoms with Crippen LogP contribution in [0.4, 0.5) is 0 Å². The lowest BCUT2D eigenvalue weighted by Crippen LogP contribution is -2.60. The minimum atomic E-state index is 0.116. The molecule has 1 amide bonds. The Bertz CT molecular complexity index is 650. The smallest absolute Gasteiger partial charge is 0.234 e. The maximum atomic E-state index is 12.8. The minimum Gasteiger partial charge on any atom is -0.379 e. The van der Waals surface area contributed by atoms with E-state index in [-0.39, 0.29) is 17.5 Å². The van der Waals surface area contributed by atoms with Crippen molar-refractivity contribution in [3.05, 3.63) is 17.5 Å². The van der Waals surface area contributed by atoms with E-state index in [1.807, 2.05) is 13.0 Å². The van der Waals surface area contributed by atoms with Crippen LogP contribution in [0.15, 0.2) is 10.6 Å². The number of ether oxygens (including phenoxy) is 1. The number of morpholine rings is 1. The molecular formula is C21H34N4O3. The van der Waals surface area contributed by atoms with Gasteiger partial charge in [0, 0.05) is 31.2 Å². The van der Waals surface area contributed by atoms with Crippen molar-refractivity contribution in [3.63, 3.8) is 0 Å². The summed E-state index contributed by atoms with van der Waals surface area (Å²) in [6.07, 6.45) is 8.32. The van der Waals surface area contributed by atoms with E-state index in [1.54, 1.807) is 0 Å². The Kier molecular flexibility index (Phi) is 6.33. The van der Waals surface area contributed by atoms with Crippen molar-refractivity contribution >= 4 is 5.91 Å². The average Bonchev–Trinajstić information content (AvgIpc) is 3.36. The summed E-state index contributed by atoms with van der Waals surface area (Å²) in [5.74, 6) is 0.960. The van der Waals surface area contributed by atoms with E-state index in [1.165, 1.54) is 32.1 Å². The van der Waals surface area contributed by atoms with Gasteiger partial charge >= 0.3 is 0 Å². The predicted octanol–water partition coefficient (Wildman–Crippen LogP) is 2.27. The number of aromatic nitrogens is 1. The molecule has 3 fully saturated rings. The highest BCUT2D eigenvalue weighted by Gasteiger charge is 2.39. The molecule has 7 nitrogen and oxygen atoms in total. The van der Waals surface area contributed by atoms with Gasteiger partial charge in [-0.2, -0.15) is 0 Å². The van der Waals surface area contributed by atoms with Gasteiger partial charge in [0.1, 0.15) is 11.5 Å². The molecule has 1 aliphatic carbocycles. The van der Waals surface area contributed by atoms with Crippen molar-refractivity contribution in [2.24, 2.45) is 0 Å². The van der Waals surface area contributed by atoms with Crippen LogP contribution in [0.25, 0.3) is 0 Å². The highest BCUT2D eigenvalue weighted by Crippen LogP contribution is 2.34. The summed E-state index contributed by atoms with van der Waals surface area (Å²) in [7, 11) is 0. The van der Waals surface area contributed by atoms with Crippen molar-refractivity contribution in [3.8, 4) is 0 Å². The number of rotatable bonds is 6. The van der Waals surface area contributed by atoms with Gasteiger partial charge in [-0.3, -0.25) is 14.6 Å². The molecule has 1 atom stereocenters. The Morgan fingerprint density at radius 2 is 2.00 bits per heavy atom. The van der Waals surface area contributed by atoms with Crippen molar-refractivity contribution in [1.29, 1.82) is 0 Å². The van der Waals surface area contributed by atoms with E-state index in [4.69, 9.17) is 9.26 Å². The average molecular weight is 391 g/mol. The van der Waals surface area contributed by atoms with Gasteiger partial charge in [0.25, 0.3) is 0 Å². The van der Waals surface area contributed by atoms with Crippen LogP contribution in [0.5, 0.6) is 0 Å². The molecule has 3 aliphatic rings. The lowest BCUT2D eigenvalue weighted by atomic mass is 9.79. The van der Waals surface area contributed by atoms with Crippen LogP contribution < -0.4 is 5.32 Å². The summed E-state index contributed by atoms with van der Waals surface area (Å²) < 4.78 is 10.8. The molecule has 0 spiro atoms. The predicted molar refractivity (Wildman–Crippen MR) is 106 cm³/mol. The van der Waals surface area contributed by atoms with E-state index in [2.05, 4.69) is 20.3 Å². The van der Waals surface area contributed by atoms with Crippen LogP contribution in [0.2, 0.25) is 0 Å². The zero-order valence-electron chi connectivity index (χ0n) is 17.1. The minimum absolute atomic E-state index is 0.116. The second-order valence-electron chi connectivity index (χ2n) is 8.65. The first-order valence-corrected chi connectivity index (χ1v) is 10.9. The Morgan fingerprint density at radius 3 is 2.71 bits per heavy atom. The Morgan fingerprint density at radius 1 is 1.21 bits per heavy atom. The number of nitrogens with zero attached hydrogens (tertiary/aromatic N) is 3. The van der Waals surface area contributed by atoms with Crippen LogP contribution in [0, 0.1) is 6.92 Å². The fourth-order valence-corrected chi connectivity index (χ4v) is 5.25. The molecule has 1 N–H and O–H groups in total. The number of amides is 1. The number of carbonyl (C=O) groups is 1. The van der Waals surface area contributed by atoms with Gasteiger partial charge in [0.15, 0.2) is 0 Å². The summed E-state index contributed by atoms with van der Waals surface area (Å²) in [5, 5.41) is 7.47. The molecule has 2 saturated heterocycles. The van der Waals surface area contributed by atoms with Gasteiger partial charge in [0.05, 0.1) is 25.8 Å². The quantitative estimate of drug-likeness (QED) is 0.804. The fraction of sp³-hybridized carbons (Fsp3) is 0.810. The molecule has 156 valence electrons. The molecule has 1 unspecified atom stereocenters. The lowest BCUT2D eigenvalue weighted by molar-refractivity contribution is -0.123. The second kappa shape index (κ2) is 8.93. The van der Waals surface area contributed by atoms with E-state index >= 15 is 0 Å². The molecular weight excluding hydrogens is 356 g/mol. The highest BCUT2D eigenvalue weighted by molar-refractivity contribution is 5.78. The van der Waals surface area contributed by atoms with Gasteiger partial charge in [-0.05, 0) is 39.2 Å². The summed E-state index contributed by atoms with van der Waals surface area (Å²) in [6, 6.07) is 2.20. The van der Waals surface area contributed by atoms with Crippen LogP contribution in [-0.2, 0) is 9.53 Å². The molecule has 0 aromatic carbocycles. The number of hydrogen-bond acceptors (Lipinski definition) is 6. The number of nitrogens with one attached hydrogen (secondary N) is 1. The summed E-state index contributed by atoms with van der Waals surface area (Å²) in [6.45, 7) is 7.63. The molecule has 7 heteroatoms. The van der Waals surface area contributed by atoms with E-state index < -0.39 is 0 Å². The zero-order valence-corrected chi connectivity index (χ0v) is 17.1. The SMILES string of the molecule is Cc1cc(C2CCCN2CC(=O)NCC2(N3CCOCC3)CCCCC2)no1. The van der Waals surface area contributed by atoms with E-state index in [9.17, 15) is 4.79 Å². The largest absolute Gasteiger partial charge is 0.379 e. The van der Waals surface area contributed by atoms with Crippen molar-refractivity contribution in [1.82, 2.24) is 20.3 Å². The van der Waals surface area contributed by atoms with Gasteiger partial charge < -0.3 is 14.6 Å². The van der Waals surface area contributed by atoms with Crippen molar-refractivity contribution < 1.29 is 14.1 Å². The summed E-state index contributed by atoms with van der Waals surface area (Å²) in [5.41, 5.74) is 1.07. The van der Waals surface area contributed by atoms with Crippen molar-refractivity contribution in [2.45, 2.75) is 63.5 Å². The summed E-state index contributed by atoms with van der Waals surface area (Å²) in [4.78, 5) is 17.6. The van der Waals surface area contributed by atoms with Gasteiger partial charge in [-0.25, -0.2) is 0 Å². The molecule has 0 bridgehead atoms. The Labute approximate surface area is 167 Å². The van der Waals surface area contributed by atoms with Crippen LogP contribution in [0.1, 0.15) is 62.4 Å². The molecule has 1 aromatic rings. The zero-order chi connectivity index (χ0) is 19.4. The molecule has 0 radical (unpaired) electrons. The molecule has 28 heavy (non-hydrogen) atoms. The molecule has 1 aromatic heterocycles. The fourth-order valence-electron chi connectivity index (χ4n) is 5.25. The van der Waals surface area contributed by atoms with Crippen LogP contribution >= 0.6 is 0 Å². The first-order chi connectivity index (χ1) is 13.7. The Balaban J connectivity index is 1.34. The van der Waals surface area contributed by atoms with Gasteiger partial charge in [-0.15, -0.1) is 0 Å². The maximum absolute atomic E-state index is 12.8. The maximum Gasteiger partial charge on any atom is 0.234 e. The molecule has 1 saturated carbocycles. The highest BCUT2D eigenvalue weighted by atomic mass is 16.5. The third kappa shape index (κ3) is 4.42. The molecule has 2 aliphatic heterocycles. The third-order valence-electron chi connectivity index (χ3n) is 6.78. The second-order valence-corrected chi connectivity index (χ2v) is 8.65. The van der Waals surface area contributed by atoms with E-state index in [0.717, 1.165) is 63.7 Å². The standard InChI is InChI=1S/C21H34N4O3/c1-17-14-18(23-28-17)19-6-5-9-24(19)15-20(26)22-16-21(7-3-2-4-8-21)25-10-12-27-13-11-25/h14,19H,2-13,15-16H2,1H3,(H,22,26). The molecule has 4 rings (SSSR count). The first-order valence-electron chi connectivity index (χ1n) is 10.9. The van der Waals surface area contributed by atoms with Crippen LogP contribution in [0.3, 0.4) is 0 Å². The number of likely N-dealkylation sites (tertiary alicyclic amines) is 1. The number of hydrogen-bond donors (Lipinski definition) is 1. The van der Waals surface area contributed by atoms with Gasteiger partial charge in [-0.1, -0.05) is 24.4 Å². The summed E-state index contributed by atoms with van der Waals surface area (Å²) >= 11 is 0. The molecule has 3 heterocycles. The lowest BCUT2D eigenvalue weighted by Gasteiger charge is -2.48. The normalized spacial score (nSPS) is 26.4. The monoisotopic (exact) mass is 390 g/mol. The van der Waals surface area contributed by atoms with Crippen LogP contribution in [-0.4, -0.2) is 72.3 Å². The van der Waals surface area contributed by atoms with Crippen molar-refractivity contribution in [2.75, 3.05) is 45.9 Å². The van der Waals surface area contributed by atoms with Gasteiger partial charge in [0.2, 0.25) is 5.91 Å². The number of carbonyl (C=O) groups excluding carboxylic acids is 1. The first kappa shape index (κ1) is 19.9. The van der Waals surface area contributed by atoms with E-state index in [0.29, 0.717) is 6.54 Å². The Hall–Kier alpha value is -1.44. The third-order valence-corrected chi connectivity index (χ3v) is 6.78. The number of aryl methyl sites for hydroxylation is 1.